The molecule has 0 aliphatic carbocycles. The van der Waals surface area contributed by atoms with Crippen molar-refractivity contribution < 1.29 is 23.5 Å². The summed E-state index contributed by atoms with van der Waals surface area (Å²) in [6, 6.07) is 19.1. The Labute approximate surface area is 199 Å². The van der Waals surface area contributed by atoms with Crippen molar-refractivity contribution >= 4 is 40.4 Å². The van der Waals surface area contributed by atoms with Crippen LogP contribution < -0.4 is 10.9 Å². The molecule has 9 heteroatoms. The number of carbonyl (C=O) groups is 3. The lowest BCUT2D eigenvalue weighted by Crippen LogP contribution is -2.42. The monoisotopic (exact) mass is 475 g/mol. The first kappa shape index (κ1) is 23.1. The number of nitrogens with one attached hydrogen (secondary N) is 2. The molecule has 172 valence electrons. The van der Waals surface area contributed by atoms with Gasteiger partial charge in [0.1, 0.15) is 10.9 Å². The standard InChI is InChI=1S/C25H21N3O5S/c1-15(25(31)32-2)34-22-12-6-4-9-17(22)23(29)27-28-24(30)18-14-20(21-11-7-13-33-21)26-19-10-5-3-8-16(18)19/h3-15H,1-2H3,(H,27,29)(H,28,30). The molecule has 4 rings (SSSR count). The lowest BCUT2D eigenvalue weighted by Gasteiger charge is -2.14. The Kier molecular flexibility index (Phi) is 6.93. The number of thioether (sulfide) groups is 1. The topological polar surface area (TPSA) is 111 Å². The second-order valence-corrected chi connectivity index (χ2v) is 8.62. The number of hydrogen-bond acceptors (Lipinski definition) is 7. The van der Waals surface area contributed by atoms with E-state index in [1.165, 1.54) is 25.1 Å². The number of benzene rings is 2. The van der Waals surface area contributed by atoms with Crippen molar-refractivity contribution in [1.29, 1.82) is 0 Å². The fourth-order valence-corrected chi connectivity index (χ4v) is 4.34. The zero-order valence-electron chi connectivity index (χ0n) is 18.4. The lowest BCUT2D eigenvalue weighted by molar-refractivity contribution is -0.139. The second-order valence-electron chi connectivity index (χ2n) is 7.24. The van der Waals surface area contributed by atoms with Gasteiger partial charge in [0.15, 0.2) is 5.76 Å². The number of esters is 1. The molecule has 1 atom stereocenters. The van der Waals surface area contributed by atoms with Gasteiger partial charge < -0.3 is 9.15 Å². The van der Waals surface area contributed by atoms with Gasteiger partial charge >= 0.3 is 5.97 Å². The molecule has 0 spiro atoms. The Bertz CT molecular complexity index is 1350. The Balaban J connectivity index is 1.55. The van der Waals surface area contributed by atoms with E-state index in [2.05, 4.69) is 15.8 Å². The van der Waals surface area contributed by atoms with E-state index in [1.54, 1.807) is 61.5 Å². The normalized spacial score (nSPS) is 11.6. The highest BCUT2D eigenvalue weighted by Crippen LogP contribution is 2.28. The summed E-state index contributed by atoms with van der Waals surface area (Å²) < 4.78 is 10.2. The maximum absolute atomic E-state index is 13.1. The van der Waals surface area contributed by atoms with Gasteiger partial charge in [-0.05, 0) is 43.3 Å². The summed E-state index contributed by atoms with van der Waals surface area (Å²) in [6.45, 7) is 1.69. The minimum Gasteiger partial charge on any atom is -0.468 e. The van der Waals surface area contributed by atoms with Crippen LogP contribution >= 0.6 is 11.8 Å². The molecule has 2 heterocycles. The molecule has 0 saturated heterocycles. The number of nitrogens with zero attached hydrogens (tertiary/aromatic N) is 1. The van der Waals surface area contributed by atoms with Gasteiger partial charge in [0.2, 0.25) is 0 Å². The fraction of sp³-hybridized carbons (Fsp3) is 0.120. The van der Waals surface area contributed by atoms with Crippen LogP contribution in [0, 0.1) is 0 Å². The first-order chi connectivity index (χ1) is 16.5. The van der Waals surface area contributed by atoms with Crippen molar-refractivity contribution in [1.82, 2.24) is 15.8 Å². The van der Waals surface area contributed by atoms with Crippen molar-refractivity contribution in [3.05, 3.63) is 84.1 Å². The van der Waals surface area contributed by atoms with Gasteiger partial charge in [-0.2, -0.15) is 0 Å². The van der Waals surface area contributed by atoms with E-state index in [0.717, 1.165) is 0 Å². The molecule has 0 saturated carbocycles. The van der Waals surface area contributed by atoms with E-state index in [-0.39, 0.29) is 0 Å². The Hall–Kier alpha value is -4.11. The summed E-state index contributed by atoms with van der Waals surface area (Å²) in [5, 5.41) is 0.129. The van der Waals surface area contributed by atoms with Crippen LogP contribution in [0.25, 0.3) is 22.4 Å². The van der Waals surface area contributed by atoms with Crippen LogP contribution in [0.4, 0.5) is 0 Å². The predicted octanol–water partition coefficient (Wildman–Crippen LogP) is 4.22. The Morgan fingerprint density at radius 3 is 2.38 bits per heavy atom. The molecule has 1 unspecified atom stereocenters. The minimum absolute atomic E-state index is 0.319. The van der Waals surface area contributed by atoms with Gasteiger partial charge in [0, 0.05) is 10.3 Å². The highest BCUT2D eigenvalue weighted by molar-refractivity contribution is 8.00. The average molecular weight is 476 g/mol. The molecule has 8 nitrogen and oxygen atoms in total. The number of carbonyl (C=O) groups excluding carboxylic acids is 3. The molecular formula is C25H21N3O5S. The number of pyridine rings is 1. The zero-order chi connectivity index (χ0) is 24.1. The summed E-state index contributed by atoms with van der Waals surface area (Å²) in [5.74, 6) is -0.897. The van der Waals surface area contributed by atoms with E-state index < -0.39 is 23.0 Å². The summed E-state index contributed by atoms with van der Waals surface area (Å²) in [7, 11) is 1.31. The van der Waals surface area contributed by atoms with E-state index in [1.807, 2.05) is 12.1 Å². The first-order valence-corrected chi connectivity index (χ1v) is 11.2. The molecule has 4 aromatic rings. The summed E-state index contributed by atoms with van der Waals surface area (Å²) in [5.41, 5.74) is 6.71. The minimum atomic E-state index is -0.516. The molecule has 0 aliphatic rings. The second kappa shape index (κ2) is 10.2. The third kappa shape index (κ3) is 4.94. The van der Waals surface area contributed by atoms with Crippen LogP contribution in [0.15, 0.2) is 82.3 Å². The van der Waals surface area contributed by atoms with Crippen molar-refractivity contribution in [3.63, 3.8) is 0 Å². The number of rotatable bonds is 6. The quantitative estimate of drug-likeness (QED) is 0.244. The highest BCUT2D eigenvalue weighted by Gasteiger charge is 2.20. The lowest BCUT2D eigenvalue weighted by atomic mass is 10.1. The smallest absolute Gasteiger partial charge is 0.318 e. The van der Waals surface area contributed by atoms with Crippen molar-refractivity contribution in [2.75, 3.05) is 7.11 Å². The molecule has 2 aromatic carbocycles. The molecule has 0 aliphatic heterocycles. The number of fused-ring (bicyclic) bond motifs is 1. The Morgan fingerprint density at radius 2 is 1.65 bits per heavy atom. The molecule has 0 radical (unpaired) electrons. The van der Waals surface area contributed by atoms with Crippen LogP contribution in [-0.2, 0) is 9.53 Å². The zero-order valence-corrected chi connectivity index (χ0v) is 19.2. The van der Waals surface area contributed by atoms with Gasteiger partial charge in [-0.1, -0.05) is 30.3 Å². The van der Waals surface area contributed by atoms with Gasteiger partial charge in [-0.3, -0.25) is 25.2 Å². The molecule has 2 amide bonds. The number of para-hydroxylation sites is 1. The summed E-state index contributed by atoms with van der Waals surface area (Å²) >= 11 is 1.20. The van der Waals surface area contributed by atoms with E-state index in [9.17, 15) is 14.4 Å². The molecule has 2 aromatic heterocycles. The van der Waals surface area contributed by atoms with Gasteiger partial charge in [-0.25, -0.2) is 4.98 Å². The van der Waals surface area contributed by atoms with Crippen LogP contribution in [0.5, 0.6) is 0 Å². The van der Waals surface area contributed by atoms with E-state index in [4.69, 9.17) is 9.15 Å². The van der Waals surface area contributed by atoms with E-state index in [0.29, 0.717) is 38.4 Å². The molecule has 34 heavy (non-hydrogen) atoms. The summed E-state index contributed by atoms with van der Waals surface area (Å²) in [4.78, 5) is 42.8. The molecule has 0 bridgehead atoms. The van der Waals surface area contributed by atoms with Gasteiger partial charge in [0.05, 0.1) is 30.0 Å². The molecule has 0 fully saturated rings. The number of amides is 2. The number of hydrazine groups is 1. The van der Waals surface area contributed by atoms with Gasteiger partial charge in [-0.15, -0.1) is 11.8 Å². The molecule has 2 N–H and O–H groups in total. The number of hydrogen-bond donors (Lipinski definition) is 2. The number of ether oxygens (including phenoxy) is 1. The number of furan rings is 1. The van der Waals surface area contributed by atoms with Gasteiger partial charge in [0.25, 0.3) is 11.8 Å². The molecular weight excluding hydrogens is 454 g/mol. The van der Waals surface area contributed by atoms with Crippen LogP contribution in [0.1, 0.15) is 27.6 Å². The van der Waals surface area contributed by atoms with Crippen LogP contribution in [0.3, 0.4) is 0 Å². The first-order valence-electron chi connectivity index (χ1n) is 10.4. The SMILES string of the molecule is COC(=O)C(C)Sc1ccccc1C(=O)NNC(=O)c1cc(-c2ccco2)nc2ccccc12. The average Bonchev–Trinajstić information content (AvgIpc) is 3.41. The number of aromatic nitrogens is 1. The third-order valence-electron chi connectivity index (χ3n) is 4.99. The van der Waals surface area contributed by atoms with Crippen molar-refractivity contribution in [2.24, 2.45) is 0 Å². The number of methoxy groups -OCH3 is 1. The van der Waals surface area contributed by atoms with E-state index >= 15 is 0 Å². The maximum atomic E-state index is 13.1. The third-order valence-corrected chi connectivity index (χ3v) is 6.15. The van der Waals surface area contributed by atoms with Crippen LogP contribution in [0.2, 0.25) is 0 Å². The largest absolute Gasteiger partial charge is 0.468 e. The van der Waals surface area contributed by atoms with Crippen molar-refractivity contribution in [2.45, 2.75) is 17.1 Å². The predicted molar refractivity (Wildman–Crippen MR) is 128 cm³/mol. The fourth-order valence-electron chi connectivity index (χ4n) is 3.32. The Morgan fingerprint density at radius 1 is 0.941 bits per heavy atom. The summed E-state index contributed by atoms with van der Waals surface area (Å²) in [6.07, 6.45) is 1.53. The van der Waals surface area contributed by atoms with Crippen LogP contribution in [-0.4, -0.2) is 35.1 Å². The highest BCUT2D eigenvalue weighted by atomic mass is 32.2. The van der Waals surface area contributed by atoms with Crippen molar-refractivity contribution in [3.8, 4) is 11.5 Å². The maximum Gasteiger partial charge on any atom is 0.318 e.